The third-order valence-electron chi connectivity index (χ3n) is 6.02. The molecule has 0 bridgehead atoms. The number of rotatable bonds is 7. The van der Waals surface area contributed by atoms with Gasteiger partial charge in [0.15, 0.2) is 11.5 Å². The number of amides is 1. The minimum Gasteiger partial charge on any atom is -0.493 e. The van der Waals surface area contributed by atoms with Crippen molar-refractivity contribution in [2.45, 2.75) is 19.0 Å². The number of hydrogen-bond donors (Lipinski definition) is 1. The molecule has 1 aliphatic heterocycles. The third kappa shape index (κ3) is 4.97. The van der Waals surface area contributed by atoms with Gasteiger partial charge in [-0.05, 0) is 47.9 Å². The van der Waals surface area contributed by atoms with Crippen LogP contribution in [0.1, 0.15) is 33.1 Å². The molecule has 5 nitrogen and oxygen atoms in total. The summed E-state index contributed by atoms with van der Waals surface area (Å²) in [5.41, 5.74) is 3.18. The Morgan fingerprint density at radius 2 is 1.79 bits per heavy atom. The molecule has 0 radical (unpaired) electrons. The van der Waals surface area contributed by atoms with Gasteiger partial charge in [0.1, 0.15) is 5.82 Å². The van der Waals surface area contributed by atoms with Gasteiger partial charge in [-0.3, -0.25) is 9.69 Å². The maximum absolute atomic E-state index is 14.4. The Labute approximate surface area is 198 Å². The highest BCUT2D eigenvalue weighted by atomic mass is 35.5. The maximum atomic E-state index is 14.4. The average Bonchev–Trinajstić information content (AvgIpc) is 2.83. The summed E-state index contributed by atoms with van der Waals surface area (Å²) in [7, 11) is 3.21. The van der Waals surface area contributed by atoms with Crippen LogP contribution in [0.5, 0.6) is 11.5 Å². The number of hydrogen-bond acceptors (Lipinski definition) is 4. The number of ether oxygens (including phenoxy) is 2. The first-order valence-corrected chi connectivity index (χ1v) is 11.1. The molecular formula is C26H26ClFN2O3. The molecule has 0 saturated heterocycles. The fourth-order valence-corrected chi connectivity index (χ4v) is 4.51. The summed E-state index contributed by atoms with van der Waals surface area (Å²) in [6, 6.07) is 17.5. The van der Waals surface area contributed by atoms with Crippen molar-refractivity contribution in [3.05, 3.63) is 93.8 Å². The number of nitrogens with one attached hydrogen (secondary N) is 1. The van der Waals surface area contributed by atoms with E-state index >= 15 is 0 Å². The van der Waals surface area contributed by atoms with Gasteiger partial charge in [0.05, 0.1) is 30.8 Å². The summed E-state index contributed by atoms with van der Waals surface area (Å²) in [6.45, 7) is 1.47. The quantitative estimate of drug-likeness (QED) is 0.528. The standard InChI is InChI=1S/C26H26ClFN2O3/c1-32-24-13-17-11-12-30(16-18-7-3-6-10-22(18)28)23(20(17)14-25(24)33-2)15-29-26(31)19-8-4-5-9-21(19)27/h3-10,13-14,23H,11-12,15-16H2,1-2H3,(H,29,31)/t23-/m1/s1. The predicted molar refractivity (Wildman–Crippen MR) is 127 cm³/mol. The highest BCUT2D eigenvalue weighted by molar-refractivity contribution is 6.33. The molecule has 33 heavy (non-hydrogen) atoms. The van der Waals surface area contributed by atoms with Gasteiger partial charge in [-0.25, -0.2) is 4.39 Å². The van der Waals surface area contributed by atoms with Crippen molar-refractivity contribution >= 4 is 17.5 Å². The van der Waals surface area contributed by atoms with Crippen LogP contribution in [0.2, 0.25) is 5.02 Å². The zero-order chi connectivity index (χ0) is 23.4. The zero-order valence-electron chi connectivity index (χ0n) is 18.6. The molecule has 0 aromatic heterocycles. The molecule has 1 atom stereocenters. The van der Waals surface area contributed by atoms with E-state index in [2.05, 4.69) is 10.2 Å². The van der Waals surface area contributed by atoms with Crippen molar-refractivity contribution in [3.63, 3.8) is 0 Å². The Hall–Kier alpha value is -3.09. The number of halogens is 2. The monoisotopic (exact) mass is 468 g/mol. The number of nitrogens with zero attached hydrogens (tertiary/aromatic N) is 1. The summed E-state index contributed by atoms with van der Waals surface area (Å²) in [5.74, 6) is 0.789. The summed E-state index contributed by atoms with van der Waals surface area (Å²) >= 11 is 6.20. The molecule has 0 saturated carbocycles. The van der Waals surface area contributed by atoms with E-state index in [1.54, 1.807) is 50.6 Å². The Bertz CT molecular complexity index is 1150. The van der Waals surface area contributed by atoms with Gasteiger partial charge >= 0.3 is 0 Å². The molecule has 3 aromatic rings. The van der Waals surface area contributed by atoms with Crippen LogP contribution in [0.25, 0.3) is 0 Å². The van der Waals surface area contributed by atoms with Crippen LogP contribution in [-0.4, -0.2) is 38.1 Å². The van der Waals surface area contributed by atoms with E-state index in [4.69, 9.17) is 21.1 Å². The molecule has 1 aliphatic rings. The molecule has 1 amide bonds. The second-order valence-electron chi connectivity index (χ2n) is 7.92. The van der Waals surface area contributed by atoms with E-state index in [9.17, 15) is 9.18 Å². The van der Waals surface area contributed by atoms with E-state index in [1.807, 2.05) is 18.2 Å². The first-order chi connectivity index (χ1) is 16.0. The van der Waals surface area contributed by atoms with Crippen molar-refractivity contribution in [2.24, 2.45) is 0 Å². The first kappa shape index (κ1) is 23.1. The van der Waals surface area contributed by atoms with Crippen molar-refractivity contribution in [2.75, 3.05) is 27.3 Å². The van der Waals surface area contributed by atoms with Crippen molar-refractivity contribution in [1.82, 2.24) is 10.2 Å². The van der Waals surface area contributed by atoms with Crippen LogP contribution in [0, 0.1) is 5.82 Å². The van der Waals surface area contributed by atoms with Gasteiger partial charge < -0.3 is 14.8 Å². The van der Waals surface area contributed by atoms with Crippen LogP contribution < -0.4 is 14.8 Å². The molecule has 1 N–H and O–H groups in total. The van der Waals surface area contributed by atoms with Crippen LogP contribution in [0.15, 0.2) is 60.7 Å². The molecule has 7 heteroatoms. The van der Waals surface area contributed by atoms with E-state index in [-0.39, 0.29) is 17.8 Å². The largest absolute Gasteiger partial charge is 0.493 e. The normalized spacial score (nSPS) is 15.6. The minimum atomic E-state index is -0.251. The molecule has 0 aliphatic carbocycles. The minimum absolute atomic E-state index is 0.181. The maximum Gasteiger partial charge on any atom is 0.252 e. The van der Waals surface area contributed by atoms with Crippen LogP contribution in [-0.2, 0) is 13.0 Å². The zero-order valence-corrected chi connectivity index (χ0v) is 19.4. The molecule has 0 unspecified atom stereocenters. The number of carbonyl (C=O) groups excluding carboxylic acids is 1. The number of carbonyl (C=O) groups is 1. The van der Waals surface area contributed by atoms with Crippen LogP contribution >= 0.6 is 11.6 Å². The van der Waals surface area contributed by atoms with Crippen LogP contribution in [0.4, 0.5) is 4.39 Å². The van der Waals surface area contributed by atoms with Gasteiger partial charge in [-0.1, -0.05) is 41.9 Å². The molecule has 0 spiro atoms. The fraction of sp³-hybridized carbons (Fsp3) is 0.269. The molecule has 3 aromatic carbocycles. The van der Waals surface area contributed by atoms with Crippen molar-refractivity contribution < 1.29 is 18.7 Å². The molecular weight excluding hydrogens is 443 g/mol. The summed E-state index contributed by atoms with van der Waals surface area (Å²) in [4.78, 5) is 15.0. The Balaban J connectivity index is 1.65. The predicted octanol–water partition coefficient (Wildman–Crippen LogP) is 5.03. The topological polar surface area (TPSA) is 50.8 Å². The lowest BCUT2D eigenvalue weighted by molar-refractivity contribution is 0.0925. The lowest BCUT2D eigenvalue weighted by Crippen LogP contribution is -2.42. The lowest BCUT2D eigenvalue weighted by atomic mass is 9.91. The van der Waals surface area contributed by atoms with E-state index in [0.29, 0.717) is 47.3 Å². The average molecular weight is 469 g/mol. The second-order valence-corrected chi connectivity index (χ2v) is 8.33. The summed E-state index contributed by atoms with van der Waals surface area (Å²) < 4.78 is 25.4. The summed E-state index contributed by atoms with van der Waals surface area (Å²) in [5, 5.41) is 3.41. The van der Waals surface area contributed by atoms with Crippen molar-refractivity contribution in [3.8, 4) is 11.5 Å². The highest BCUT2D eigenvalue weighted by Crippen LogP contribution is 2.38. The lowest BCUT2D eigenvalue weighted by Gasteiger charge is -2.38. The number of methoxy groups -OCH3 is 2. The third-order valence-corrected chi connectivity index (χ3v) is 6.35. The van der Waals surface area contributed by atoms with Crippen LogP contribution in [0.3, 0.4) is 0 Å². The van der Waals surface area contributed by atoms with E-state index in [1.165, 1.54) is 6.07 Å². The number of fused-ring (bicyclic) bond motifs is 1. The van der Waals surface area contributed by atoms with E-state index in [0.717, 1.165) is 17.5 Å². The molecule has 4 rings (SSSR count). The Kier molecular flexibility index (Phi) is 7.16. The highest BCUT2D eigenvalue weighted by Gasteiger charge is 2.30. The second kappa shape index (κ2) is 10.2. The van der Waals surface area contributed by atoms with Gasteiger partial charge in [0.2, 0.25) is 0 Å². The molecule has 0 fully saturated rings. The van der Waals surface area contributed by atoms with Gasteiger partial charge in [-0.2, -0.15) is 0 Å². The molecule has 172 valence electrons. The van der Waals surface area contributed by atoms with Gasteiger partial charge in [-0.15, -0.1) is 0 Å². The smallest absolute Gasteiger partial charge is 0.252 e. The summed E-state index contributed by atoms with van der Waals surface area (Å²) in [6.07, 6.45) is 0.777. The number of benzene rings is 3. The Morgan fingerprint density at radius 1 is 1.09 bits per heavy atom. The Morgan fingerprint density at radius 3 is 2.52 bits per heavy atom. The molecule has 1 heterocycles. The first-order valence-electron chi connectivity index (χ1n) is 10.8. The van der Waals surface area contributed by atoms with E-state index < -0.39 is 0 Å². The van der Waals surface area contributed by atoms with Gasteiger partial charge in [0.25, 0.3) is 5.91 Å². The fourth-order valence-electron chi connectivity index (χ4n) is 4.28. The van der Waals surface area contributed by atoms with Crippen molar-refractivity contribution in [1.29, 1.82) is 0 Å². The van der Waals surface area contributed by atoms with Gasteiger partial charge in [0, 0.05) is 25.2 Å². The SMILES string of the molecule is COc1cc2c(cc1OC)[C@@H](CNC(=O)c1ccccc1Cl)N(Cc1ccccc1F)CC2.